The fraction of sp³-hybridized carbons (Fsp3) is 0.562. The number of hydrogen-bond acceptors (Lipinski definition) is 4. The van der Waals surface area contributed by atoms with E-state index < -0.39 is 0 Å². The zero-order valence-corrected chi connectivity index (χ0v) is 13.0. The van der Waals surface area contributed by atoms with E-state index in [2.05, 4.69) is 29.8 Å². The van der Waals surface area contributed by atoms with E-state index in [0.717, 1.165) is 55.1 Å². The lowest BCUT2D eigenvalue weighted by atomic mass is 10.2. The summed E-state index contributed by atoms with van der Waals surface area (Å²) in [4.78, 5) is 9.44. The predicted molar refractivity (Wildman–Crippen MR) is 84.4 cm³/mol. The molecule has 0 aliphatic carbocycles. The summed E-state index contributed by atoms with van der Waals surface area (Å²) in [7, 11) is 2.16. The third-order valence-corrected chi connectivity index (χ3v) is 3.64. The fourth-order valence-corrected chi connectivity index (χ4v) is 2.43. The Kier molecular flexibility index (Phi) is 5.01. The highest BCUT2D eigenvalue weighted by Gasteiger charge is 2.19. The average molecular weight is 275 g/mol. The van der Waals surface area contributed by atoms with Crippen LogP contribution in [0.25, 0.3) is 11.0 Å². The number of anilines is 1. The molecule has 4 heteroatoms. The molecule has 0 atom stereocenters. The van der Waals surface area contributed by atoms with Gasteiger partial charge in [-0.25, -0.2) is 4.98 Å². The smallest absolute Gasteiger partial charge is 0.176 e. The number of likely N-dealkylation sites (N-methyl/N-ethyl adjacent to an activating group) is 1. The lowest BCUT2D eigenvalue weighted by Gasteiger charge is -2.33. The van der Waals surface area contributed by atoms with Gasteiger partial charge in [0.15, 0.2) is 11.4 Å². The molecule has 0 spiro atoms. The van der Waals surface area contributed by atoms with Crippen molar-refractivity contribution in [1.29, 1.82) is 0 Å². The Balaban J connectivity index is 0.000000704. The maximum atomic E-state index is 5.61. The van der Waals surface area contributed by atoms with Crippen molar-refractivity contribution in [3.63, 3.8) is 0 Å². The van der Waals surface area contributed by atoms with E-state index in [-0.39, 0.29) is 0 Å². The summed E-state index contributed by atoms with van der Waals surface area (Å²) in [6.07, 6.45) is 2.72. The molecule has 2 aromatic rings. The van der Waals surface area contributed by atoms with Crippen LogP contribution in [0.5, 0.6) is 0 Å². The largest absolute Gasteiger partial charge is 0.460 e. The molecule has 110 valence electrons. The summed E-state index contributed by atoms with van der Waals surface area (Å²) < 4.78 is 5.61. The summed E-state index contributed by atoms with van der Waals surface area (Å²) in [5, 5.41) is 1.16. The van der Waals surface area contributed by atoms with Gasteiger partial charge in [-0.2, -0.15) is 0 Å². The highest BCUT2D eigenvalue weighted by Crippen LogP contribution is 2.27. The summed E-state index contributed by atoms with van der Waals surface area (Å²) in [5.41, 5.74) is 2.06. The SMILES string of the molecule is CC.CCc1cc2ccoc2c(N2CCN(C)CC2)n1. The van der Waals surface area contributed by atoms with E-state index in [9.17, 15) is 0 Å². The molecule has 0 amide bonds. The van der Waals surface area contributed by atoms with Gasteiger partial charge in [0.1, 0.15) is 0 Å². The van der Waals surface area contributed by atoms with E-state index in [1.807, 2.05) is 19.9 Å². The second-order valence-corrected chi connectivity index (χ2v) is 4.92. The molecular formula is C16H25N3O. The van der Waals surface area contributed by atoms with Crippen LogP contribution in [0.15, 0.2) is 22.8 Å². The number of aryl methyl sites for hydroxylation is 1. The molecule has 0 aromatic carbocycles. The van der Waals surface area contributed by atoms with E-state index in [1.165, 1.54) is 0 Å². The molecule has 0 bridgehead atoms. The van der Waals surface area contributed by atoms with Gasteiger partial charge < -0.3 is 14.2 Å². The molecule has 4 nitrogen and oxygen atoms in total. The van der Waals surface area contributed by atoms with Crippen molar-refractivity contribution in [2.45, 2.75) is 27.2 Å². The predicted octanol–water partition coefficient (Wildman–Crippen LogP) is 3.17. The Morgan fingerprint density at radius 2 is 1.90 bits per heavy atom. The molecule has 20 heavy (non-hydrogen) atoms. The van der Waals surface area contributed by atoms with Crippen LogP contribution in [0.2, 0.25) is 0 Å². The maximum absolute atomic E-state index is 5.61. The topological polar surface area (TPSA) is 32.5 Å². The zero-order chi connectivity index (χ0) is 14.5. The second kappa shape index (κ2) is 6.75. The number of rotatable bonds is 2. The monoisotopic (exact) mass is 275 g/mol. The van der Waals surface area contributed by atoms with Crippen molar-refractivity contribution in [3.8, 4) is 0 Å². The first-order chi connectivity index (χ1) is 9.78. The minimum Gasteiger partial charge on any atom is -0.460 e. The van der Waals surface area contributed by atoms with Gasteiger partial charge in [0, 0.05) is 37.3 Å². The number of nitrogens with zero attached hydrogens (tertiary/aromatic N) is 3. The van der Waals surface area contributed by atoms with Gasteiger partial charge in [0.05, 0.1) is 6.26 Å². The van der Waals surface area contributed by atoms with Crippen LogP contribution in [-0.4, -0.2) is 43.1 Å². The number of pyridine rings is 1. The molecule has 1 aliphatic rings. The molecule has 1 saturated heterocycles. The van der Waals surface area contributed by atoms with Gasteiger partial charge in [0.2, 0.25) is 0 Å². The van der Waals surface area contributed by atoms with Crippen LogP contribution in [0, 0.1) is 0 Å². The van der Waals surface area contributed by atoms with Gasteiger partial charge in [-0.3, -0.25) is 0 Å². The standard InChI is InChI=1S/C14H19N3O.C2H6/c1-3-12-10-11-4-9-18-13(11)14(15-12)17-7-5-16(2)6-8-17;1-2/h4,9-10H,3,5-8H2,1-2H3;1-2H3. The number of piperazine rings is 1. The second-order valence-electron chi connectivity index (χ2n) is 4.92. The summed E-state index contributed by atoms with van der Waals surface area (Å²) in [5.74, 6) is 1.02. The first-order valence-electron chi connectivity index (χ1n) is 7.58. The Morgan fingerprint density at radius 3 is 2.55 bits per heavy atom. The van der Waals surface area contributed by atoms with Crippen molar-refractivity contribution in [1.82, 2.24) is 9.88 Å². The van der Waals surface area contributed by atoms with Gasteiger partial charge in [0.25, 0.3) is 0 Å². The summed E-state index contributed by atoms with van der Waals surface area (Å²) in [6, 6.07) is 4.15. The Bertz CT molecular complexity index is 542. The lowest BCUT2D eigenvalue weighted by Crippen LogP contribution is -2.44. The van der Waals surface area contributed by atoms with Crippen LogP contribution < -0.4 is 4.90 Å². The first-order valence-corrected chi connectivity index (χ1v) is 7.58. The highest BCUT2D eigenvalue weighted by atomic mass is 16.3. The van der Waals surface area contributed by atoms with Crippen LogP contribution in [0.4, 0.5) is 5.82 Å². The van der Waals surface area contributed by atoms with Gasteiger partial charge in [-0.05, 0) is 25.6 Å². The van der Waals surface area contributed by atoms with Crippen LogP contribution in [0.3, 0.4) is 0 Å². The molecule has 3 rings (SSSR count). The normalized spacial score (nSPS) is 16.1. The number of aromatic nitrogens is 1. The van der Waals surface area contributed by atoms with Crippen molar-refractivity contribution < 1.29 is 4.42 Å². The maximum Gasteiger partial charge on any atom is 0.176 e. The third kappa shape index (κ3) is 2.96. The van der Waals surface area contributed by atoms with Crippen LogP contribution in [-0.2, 0) is 6.42 Å². The lowest BCUT2D eigenvalue weighted by molar-refractivity contribution is 0.312. The molecule has 1 fully saturated rings. The van der Waals surface area contributed by atoms with E-state index in [4.69, 9.17) is 9.40 Å². The van der Waals surface area contributed by atoms with Crippen molar-refractivity contribution in [2.75, 3.05) is 38.1 Å². The Labute approximate surface area is 121 Å². The molecule has 0 radical (unpaired) electrons. The highest BCUT2D eigenvalue weighted by molar-refractivity contribution is 5.87. The molecule has 0 unspecified atom stereocenters. The van der Waals surface area contributed by atoms with Crippen molar-refractivity contribution >= 4 is 16.8 Å². The quantitative estimate of drug-likeness (QED) is 0.842. The van der Waals surface area contributed by atoms with Gasteiger partial charge in [-0.15, -0.1) is 0 Å². The molecule has 1 aliphatic heterocycles. The molecule has 0 saturated carbocycles. The van der Waals surface area contributed by atoms with E-state index in [1.54, 1.807) is 6.26 Å². The molecule has 0 N–H and O–H groups in total. The van der Waals surface area contributed by atoms with Gasteiger partial charge >= 0.3 is 0 Å². The number of hydrogen-bond donors (Lipinski definition) is 0. The van der Waals surface area contributed by atoms with Crippen LogP contribution in [0.1, 0.15) is 26.5 Å². The van der Waals surface area contributed by atoms with E-state index >= 15 is 0 Å². The van der Waals surface area contributed by atoms with Crippen molar-refractivity contribution in [2.24, 2.45) is 0 Å². The first kappa shape index (κ1) is 14.9. The Hall–Kier alpha value is -1.55. The average Bonchev–Trinajstić information content (AvgIpc) is 2.97. The van der Waals surface area contributed by atoms with Crippen molar-refractivity contribution in [3.05, 3.63) is 24.1 Å². The molecular weight excluding hydrogens is 250 g/mol. The fourth-order valence-electron chi connectivity index (χ4n) is 2.43. The Morgan fingerprint density at radius 1 is 1.20 bits per heavy atom. The minimum absolute atomic E-state index is 0.928. The number of fused-ring (bicyclic) bond motifs is 1. The zero-order valence-electron chi connectivity index (χ0n) is 13.0. The molecule has 3 heterocycles. The summed E-state index contributed by atoms with van der Waals surface area (Å²) >= 11 is 0. The van der Waals surface area contributed by atoms with Gasteiger partial charge in [-0.1, -0.05) is 20.8 Å². The number of furan rings is 1. The third-order valence-electron chi connectivity index (χ3n) is 3.64. The van der Waals surface area contributed by atoms with Crippen LogP contribution >= 0.6 is 0 Å². The summed E-state index contributed by atoms with van der Waals surface area (Å²) in [6.45, 7) is 10.3. The molecule has 2 aromatic heterocycles. The minimum atomic E-state index is 0.928. The van der Waals surface area contributed by atoms with E-state index in [0.29, 0.717) is 0 Å².